The van der Waals surface area contributed by atoms with Crippen molar-refractivity contribution in [3.8, 4) is 0 Å². The average Bonchev–Trinajstić information content (AvgIpc) is 3.45. The maximum absolute atomic E-state index is 14.0. The predicted octanol–water partition coefficient (Wildman–Crippen LogP) is 6.55. The highest BCUT2D eigenvalue weighted by atomic mass is 35.5. The fourth-order valence-electron chi connectivity index (χ4n) is 4.69. The quantitative estimate of drug-likeness (QED) is 0.252. The summed E-state index contributed by atoms with van der Waals surface area (Å²) in [6, 6.07) is 11.1. The SMILES string of the molecule is CCOC(=O)c1c(N2C(=O)[C@@H]3[C@H](ON(c4ccc(Cl)cc4)[C@H]3c3ccc(Cl)cc3Cl)C2=O)sc(C)c1C. The third-order valence-electron chi connectivity index (χ3n) is 6.53. The summed E-state index contributed by atoms with van der Waals surface area (Å²) < 4.78 is 5.23. The molecule has 0 saturated carbocycles. The van der Waals surface area contributed by atoms with Crippen LogP contribution in [-0.2, 0) is 19.2 Å². The number of imide groups is 1. The number of ether oxygens (including phenoxy) is 1. The van der Waals surface area contributed by atoms with E-state index in [2.05, 4.69) is 0 Å². The molecule has 3 heterocycles. The van der Waals surface area contributed by atoms with E-state index in [4.69, 9.17) is 44.4 Å². The number of rotatable bonds is 5. The van der Waals surface area contributed by atoms with Crippen molar-refractivity contribution in [3.63, 3.8) is 0 Å². The highest BCUT2D eigenvalue weighted by Crippen LogP contribution is 2.51. The monoisotopic (exact) mass is 578 g/mol. The summed E-state index contributed by atoms with van der Waals surface area (Å²) in [5.41, 5.74) is 2.04. The average molecular weight is 580 g/mol. The molecule has 0 aliphatic carbocycles. The number of nitrogens with zero attached hydrogens (tertiary/aromatic N) is 2. The number of hydrogen-bond acceptors (Lipinski definition) is 7. The van der Waals surface area contributed by atoms with Crippen LogP contribution in [0.25, 0.3) is 0 Å². The third kappa shape index (κ3) is 4.30. The van der Waals surface area contributed by atoms with Gasteiger partial charge in [0.25, 0.3) is 5.91 Å². The van der Waals surface area contributed by atoms with Gasteiger partial charge in [0.1, 0.15) is 10.9 Å². The first-order valence-corrected chi connectivity index (χ1v) is 13.4. The second kappa shape index (κ2) is 9.93. The van der Waals surface area contributed by atoms with Gasteiger partial charge in [-0.25, -0.2) is 14.8 Å². The Kier molecular flexibility index (Phi) is 6.98. The van der Waals surface area contributed by atoms with Crippen LogP contribution in [0.4, 0.5) is 10.7 Å². The molecule has 2 saturated heterocycles. The molecule has 5 rings (SSSR count). The molecule has 2 aliphatic heterocycles. The topological polar surface area (TPSA) is 76.2 Å². The molecule has 3 atom stereocenters. The molecular weight excluding hydrogens is 559 g/mol. The highest BCUT2D eigenvalue weighted by molar-refractivity contribution is 7.17. The number of halogens is 3. The standard InChI is InChI=1S/C26H21Cl3N2O5S/c1-4-35-26(34)19-12(2)13(3)37-25(19)30-23(32)20-21(17-10-7-15(28)11-18(17)29)31(36-22(20)24(30)33)16-8-5-14(27)6-9-16/h5-11,20-22H,4H2,1-3H3/t20-,21-,22-/m0/s1. The zero-order valence-electron chi connectivity index (χ0n) is 20.0. The molecule has 0 bridgehead atoms. The first-order valence-electron chi connectivity index (χ1n) is 11.5. The number of esters is 1. The van der Waals surface area contributed by atoms with Gasteiger partial charge in [-0.3, -0.25) is 14.4 Å². The van der Waals surface area contributed by atoms with Gasteiger partial charge in [-0.15, -0.1) is 11.3 Å². The molecule has 192 valence electrons. The predicted molar refractivity (Wildman–Crippen MR) is 144 cm³/mol. The lowest BCUT2D eigenvalue weighted by atomic mass is 9.90. The molecule has 0 radical (unpaired) electrons. The molecule has 2 aliphatic rings. The van der Waals surface area contributed by atoms with Gasteiger partial charge in [0, 0.05) is 19.9 Å². The van der Waals surface area contributed by atoms with Crippen molar-refractivity contribution in [1.29, 1.82) is 0 Å². The lowest BCUT2D eigenvalue weighted by Gasteiger charge is -2.29. The van der Waals surface area contributed by atoms with Crippen LogP contribution in [0.1, 0.15) is 39.3 Å². The van der Waals surface area contributed by atoms with Gasteiger partial charge in [-0.1, -0.05) is 40.9 Å². The van der Waals surface area contributed by atoms with Gasteiger partial charge in [0.05, 0.1) is 23.9 Å². The van der Waals surface area contributed by atoms with Gasteiger partial charge in [-0.2, -0.15) is 0 Å². The fourth-order valence-corrected chi connectivity index (χ4v) is 6.50. The van der Waals surface area contributed by atoms with Gasteiger partial charge in [-0.05, 0) is 68.3 Å². The Morgan fingerprint density at radius 1 is 1.03 bits per heavy atom. The largest absolute Gasteiger partial charge is 0.462 e. The molecule has 11 heteroatoms. The number of benzene rings is 2. The van der Waals surface area contributed by atoms with Crippen molar-refractivity contribution < 1.29 is 24.0 Å². The van der Waals surface area contributed by atoms with Crippen molar-refractivity contribution in [2.75, 3.05) is 16.6 Å². The molecular formula is C26H21Cl3N2O5S. The Morgan fingerprint density at radius 3 is 2.35 bits per heavy atom. The second-order valence-corrected chi connectivity index (χ2v) is 11.1. The van der Waals surface area contributed by atoms with Crippen LogP contribution in [0.15, 0.2) is 42.5 Å². The number of carbonyl (C=O) groups is 3. The van der Waals surface area contributed by atoms with Crippen LogP contribution >= 0.6 is 46.1 Å². The molecule has 7 nitrogen and oxygen atoms in total. The van der Waals surface area contributed by atoms with Crippen molar-refractivity contribution in [2.24, 2.45) is 5.92 Å². The van der Waals surface area contributed by atoms with E-state index in [1.807, 2.05) is 6.92 Å². The lowest BCUT2D eigenvalue weighted by Crippen LogP contribution is -2.37. The van der Waals surface area contributed by atoms with E-state index < -0.39 is 35.8 Å². The normalized spacial score (nSPS) is 21.1. The van der Waals surface area contributed by atoms with E-state index in [1.165, 1.54) is 16.4 Å². The van der Waals surface area contributed by atoms with Crippen molar-refractivity contribution >= 4 is 74.6 Å². The number of hydroxylamine groups is 1. The fraction of sp³-hybridized carbons (Fsp3) is 0.269. The van der Waals surface area contributed by atoms with Crippen LogP contribution in [0.5, 0.6) is 0 Å². The molecule has 0 spiro atoms. The molecule has 2 amide bonds. The van der Waals surface area contributed by atoms with Crippen LogP contribution in [-0.4, -0.2) is 30.5 Å². The lowest BCUT2D eigenvalue weighted by molar-refractivity contribution is -0.126. The number of amides is 2. The number of thiophene rings is 1. The molecule has 0 unspecified atom stereocenters. The number of hydrogen-bond donors (Lipinski definition) is 0. The summed E-state index contributed by atoms with van der Waals surface area (Å²) in [7, 11) is 0. The van der Waals surface area contributed by atoms with E-state index in [9.17, 15) is 14.4 Å². The minimum Gasteiger partial charge on any atom is -0.462 e. The van der Waals surface area contributed by atoms with Gasteiger partial charge < -0.3 is 4.74 Å². The van der Waals surface area contributed by atoms with E-state index >= 15 is 0 Å². The van der Waals surface area contributed by atoms with Crippen LogP contribution in [0.2, 0.25) is 15.1 Å². The third-order valence-corrected chi connectivity index (χ3v) is 8.53. The van der Waals surface area contributed by atoms with Crippen molar-refractivity contribution in [1.82, 2.24) is 0 Å². The molecule has 37 heavy (non-hydrogen) atoms. The first kappa shape index (κ1) is 26.0. The van der Waals surface area contributed by atoms with Crippen LogP contribution < -0.4 is 9.96 Å². The molecule has 0 N–H and O–H groups in total. The summed E-state index contributed by atoms with van der Waals surface area (Å²) in [5.74, 6) is -2.57. The minimum atomic E-state index is -1.13. The summed E-state index contributed by atoms with van der Waals surface area (Å²) >= 11 is 20.0. The maximum atomic E-state index is 14.0. The van der Waals surface area contributed by atoms with E-state index in [0.29, 0.717) is 31.9 Å². The summed E-state index contributed by atoms with van der Waals surface area (Å²) in [4.78, 5) is 48.6. The Hall–Kier alpha value is -2.62. The second-order valence-electron chi connectivity index (χ2n) is 8.66. The molecule has 3 aromatic rings. The van der Waals surface area contributed by atoms with Gasteiger partial charge in [0.2, 0.25) is 5.91 Å². The zero-order chi connectivity index (χ0) is 26.6. The Balaban J connectivity index is 1.62. The Labute approximate surface area is 232 Å². The molecule has 1 aromatic heterocycles. The minimum absolute atomic E-state index is 0.163. The van der Waals surface area contributed by atoms with Crippen molar-refractivity contribution in [3.05, 3.63) is 79.1 Å². The van der Waals surface area contributed by atoms with E-state index in [1.54, 1.807) is 56.3 Å². The smallest absolute Gasteiger partial charge is 0.341 e. The summed E-state index contributed by atoms with van der Waals surface area (Å²) in [6.07, 6.45) is -1.13. The van der Waals surface area contributed by atoms with Crippen molar-refractivity contribution in [2.45, 2.75) is 32.9 Å². The first-order chi connectivity index (χ1) is 17.6. The number of carbonyl (C=O) groups excluding carboxylic acids is 3. The van der Waals surface area contributed by atoms with Gasteiger partial charge >= 0.3 is 5.97 Å². The summed E-state index contributed by atoms with van der Waals surface area (Å²) in [6.45, 7) is 5.45. The number of aryl methyl sites for hydroxylation is 1. The van der Waals surface area contributed by atoms with Gasteiger partial charge in [0.15, 0.2) is 6.10 Å². The molecule has 2 fully saturated rings. The van der Waals surface area contributed by atoms with E-state index in [-0.39, 0.29) is 17.2 Å². The number of anilines is 2. The zero-order valence-corrected chi connectivity index (χ0v) is 23.0. The highest BCUT2D eigenvalue weighted by Gasteiger charge is 2.61. The maximum Gasteiger partial charge on any atom is 0.341 e. The van der Waals surface area contributed by atoms with Crippen LogP contribution in [0, 0.1) is 19.8 Å². The Morgan fingerprint density at radius 2 is 1.70 bits per heavy atom. The Bertz CT molecular complexity index is 1420. The van der Waals surface area contributed by atoms with E-state index in [0.717, 1.165) is 9.78 Å². The summed E-state index contributed by atoms with van der Waals surface area (Å²) in [5, 5.41) is 3.04. The van der Waals surface area contributed by atoms with Crippen LogP contribution in [0.3, 0.4) is 0 Å². The molecule has 2 aromatic carbocycles. The number of fused-ring (bicyclic) bond motifs is 1.